The number of aliphatic carboxylic acids is 1. The van der Waals surface area contributed by atoms with Crippen LogP contribution in [0.15, 0.2) is 12.2 Å². The van der Waals surface area contributed by atoms with Crippen molar-refractivity contribution < 1.29 is 19.7 Å². The Bertz CT molecular complexity index is 248. The summed E-state index contributed by atoms with van der Waals surface area (Å²) >= 11 is 0. The van der Waals surface area contributed by atoms with Crippen LogP contribution in [0.1, 0.15) is 12.8 Å². The van der Waals surface area contributed by atoms with E-state index in [9.17, 15) is 9.90 Å². The number of aliphatic hydroxyl groups is 1. The quantitative estimate of drug-likeness (QED) is 0.608. The lowest BCUT2D eigenvalue weighted by Crippen LogP contribution is -2.17. The number of aliphatic hydroxyl groups excluding tert-OH is 1. The number of hydrogen-bond acceptors (Lipinski definition) is 3. The number of allylic oxidation sites excluding steroid dienone is 1. The average molecular weight is 184 g/mol. The molecule has 0 spiro atoms. The summed E-state index contributed by atoms with van der Waals surface area (Å²) in [6, 6.07) is 0. The van der Waals surface area contributed by atoms with Crippen molar-refractivity contribution in [2.24, 2.45) is 11.8 Å². The van der Waals surface area contributed by atoms with Crippen LogP contribution in [0, 0.1) is 11.8 Å². The molecule has 0 radical (unpaired) electrons. The van der Waals surface area contributed by atoms with Crippen molar-refractivity contribution >= 4 is 5.97 Å². The molecule has 1 aliphatic heterocycles. The molecule has 4 atom stereocenters. The van der Waals surface area contributed by atoms with Gasteiger partial charge in [0.1, 0.15) is 0 Å². The summed E-state index contributed by atoms with van der Waals surface area (Å²) in [5.74, 6) is -0.609. The van der Waals surface area contributed by atoms with E-state index in [-0.39, 0.29) is 24.4 Å². The molecule has 2 aliphatic rings. The van der Waals surface area contributed by atoms with Gasteiger partial charge >= 0.3 is 5.97 Å². The zero-order valence-corrected chi connectivity index (χ0v) is 7.09. The Morgan fingerprint density at radius 2 is 2.31 bits per heavy atom. The minimum atomic E-state index is -0.795. The number of carbonyl (C=O) groups is 1. The molecule has 1 fully saturated rings. The lowest BCUT2D eigenvalue weighted by atomic mass is 9.90. The molecule has 4 unspecified atom stereocenters. The molecule has 1 heterocycles. The highest BCUT2D eigenvalue weighted by Gasteiger charge is 2.41. The van der Waals surface area contributed by atoms with Crippen molar-refractivity contribution in [2.45, 2.75) is 25.2 Å². The fourth-order valence-corrected chi connectivity index (χ4v) is 2.13. The zero-order chi connectivity index (χ0) is 9.42. The molecule has 1 aliphatic carbocycles. The van der Waals surface area contributed by atoms with Crippen LogP contribution in [-0.4, -0.2) is 28.6 Å². The second-order valence-electron chi connectivity index (χ2n) is 3.60. The van der Waals surface area contributed by atoms with Crippen molar-refractivity contribution in [2.75, 3.05) is 0 Å². The second kappa shape index (κ2) is 3.12. The Morgan fingerprint density at radius 3 is 3.00 bits per heavy atom. The number of rotatable bonds is 2. The molecular formula is C9H12O4. The van der Waals surface area contributed by atoms with Crippen LogP contribution >= 0.6 is 0 Å². The third-order valence-electron chi connectivity index (χ3n) is 2.72. The van der Waals surface area contributed by atoms with Gasteiger partial charge in [0.2, 0.25) is 0 Å². The summed E-state index contributed by atoms with van der Waals surface area (Å²) in [7, 11) is 0. The summed E-state index contributed by atoms with van der Waals surface area (Å²) < 4.78 is 5.17. The SMILES string of the molecule is O=C(O)CC1C=CC2OC(O)CC12. The van der Waals surface area contributed by atoms with Gasteiger partial charge < -0.3 is 14.9 Å². The van der Waals surface area contributed by atoms with Crippen LogP contribution in [-0.2, 0) is 9.53 Å². The predicted octanol–water partition coefficient (Wildman–Crippen LogP) is 0.371. The first-order valence-corrected chi connectivity index (χ1v) is 4.40. The van der Waals surface area contributed by atoms with Gasteiger partial charge in [0.05, 0.1) is 12.5 Å². The molecular weight excluding hydrogens is 172 g/mol. The topological polar surface area (TPSA) is 66.8 Å². The zero-order valence-electron chi connectivity index (χ0n) is 7.09. The van der Waals surface area contributed by atoms with Crippen LogP contribution in [0.2, 0.25) is 0 Å². The smallest absolute Gasteiger partial charge is 0.303 e. The molecule has 0 saturated carbocycles. The standard InChI is InChI=1S/C9H12O4/c10-8(11)3-5-1-2-7-6(5)4-9(12)13-7/h1-2,5-7,9,12H,3-4H2,(H,10,11). The lowest BCUT2D eigenvalue weighted by molar-refractivity contribution is -0.138. The summed E-state index contributed by atoms with van der Waals surface area (Å²) in [6.45, 7) is 0. The fourth-order valence-electron chi connectivity index (χ4n) is 2.13. The first-order valence-electron chi connectivity index (χ1n) is 4.40. The summed E-state index contributed by atoms with van der Waals surface area (Å²) in [5.41, 5.74) is 0. The molecule has 0 aromatic carbocycles. The minimum Gasteiger partial charge on any atom is -0.481 e. The molecule has 4 nitrogen and oxygen atoms in total. The van der Waals surface area contributed by atoms with E-state index in [4.69, 9.17) is 9.84 Å². The highest BCUT2D eigenvalue weighted by molar-refractivity contribution is 5.67. The maximum absolute atomic E-state index is 10.5. The van der Waals surface area contributed by atoms with Crippen LogP contribution < -0.4 is 0 Å². The second-order valence-corrected chi connectivity index (χ2v) is 3.60. The number of carboxylic acids is 1. The monoisotopic (exact) mass is 184 g/mol. The van der Waals surface area contributed by atoms with Crippen molar-refractivity contribution in [1.82, 2.24) is 0 Å². The van der Waals surface area contributed by atoms with Gasteiger partial charge in [-0.1, -0.05) is 12.2 Å². The maximum atomic E-state index is 10.5. The highest BCUT2D eigenvalue weighted by atomic mass is 16.6. The van der Waals surface area contributed by atoms with Gasteiger partial charge in [0.15, 0.2) is 6.29 Å². The molecule has 0 aromatic heterocycles. The number of hydrogen-bond donors (Lipinski definition) is 2. The van der Waals surface area contributed by atoms with Gasteiger partial charge in [-0.2, -0.15) is 0 Å². The van der Waals surface area contributed by atoms with Crippen LogP contribution in [0.25, 0.3) is 0 Å². The summed E-state index contributed by atoms with van der Waals surface area (Å²) in [6.07, 6.45) is 3.64. The van der Waals surface area contributed by atoms with E-state index >= 15 is 0 Å². The van der Waals surface area contributed by atoms with E-state index in [1.807, 2.05) is 12.2 Å². The van der Waals surface area contributed by atoms with Crippen molar-refractivity contribution in [3.8, 4) is 0 Å². The van der Waals surface area contributed by atoms with E-state index in [0.29, 0.717) is 6.42 Å². The van der Waals surface area contributed by atoms with Gasteiger partial charge in [-0.05, 0) is 5.92 Å². The molecule has 72 valence electrons. The molecule has 0 bridgehead atoms. The molecule has 2 N–H and O–H groups in total. The Kier molecular flexibility index (Phi) is 2.09. The van der Waals surface area contributed by atoms with Crippen LogP contribution in [0.3, 0.4) is 0 Å². The van der Waals surface area contributed by atoms with Crippen molar-refractivity contribution in [3.63, 3.8) is 0 Å². The molecule has 1 saturated heterocycles. The van der Waals surface area contributed by atoms with E-state index in [2.05, 4.69) is 0 Å². The van der Waals surface area contributed by atoms with Crippen molar-refractivity contribution in [1.29, 1.82) is 0 Å². The summed E-state index contributed by atoms with van der Waals surface area (Å²) in [5, 5.41) is 17.8. The first kappa shape index (κ1) is 8.72. The largest absolute Gasteiger partial charge is 0.481 e. The minimum absolute atomic E-state index is 0.0275. The molecule has 2 rings (SSSR count). The Labute approximate surface area is 75.8 Å². The van der Waals surface area contributed by atoms with Gasteiger partial charge in [-0.3, -0.25) is 4.79 Å². The van der Waals surface area contributed by atoms with E-state index in [0.717, 1.165) is 0 Å². The van der Waals surface area contributed by atoms with Gasteiger partial charge in [-0.15, -0.1) is 0 Å². The molecule has 13 heavy (non-hydrogen) atoms. The van der Waals surface area contributed by atoms with E-state index < -0.39 is 12.3 Å². The molecule has 0 aromatic rings. The van der Waals surface area contributed by atoms with Gasteiger partial charge in [0.25, 0.3) is 0 Å². The van der Waals surface area contributed by atoms with Gasteiger partial charge in [0, 0.05) is 12.3 Å². The molecule has 0 amide bonds. The highest BCUT2D eigenvalue weighted by Crippen LogP contribution is 2.39. The lowest BCUT2D eigenvalue weighted by Gasteiger charge is -2.14. The normalized spacial score (nSPS) is 42.2. The number of ether oxygens (including phenoxy) is 1. The summed E-state index contributed by atoms with van der Waals surface area (Å²) in [4.78, 5) is 10.5. The Hall–Kier alpha value is -0.870. The van der Waals surface area contributed by atoms with Crippen LogP contribution in [0.5, 0.6) is 0 Å². The third-order valence-corrected chi connectivity index (χ3v) is 2.72. The Balaban J connectivity index is 2.01. The Morgan fingerprint density at radius 1 is 1.54 bits per heavy atom. The van der Waals surface area contributed by atoms with E-state index in [1.165, 1.54) is 0 Å². The molecule has 4 heteroatoms. The maximum Gasteiger partial charge on any atom is 0.303 e. The van der Waals surface area contributed by atoms with Crippen LogP contribution in [0.4, 0.5) is 0 Å². The van der Waals surface area contributed by atoms with Crippen molar-refractivity contribution in [3.05, 3.63) is 12.2 Å². The average Bonchev–Trinajstić information content (AvgIpc) is 2.51. The third kappa shape index (κ3) is 1.59. The van der Waals surface area contributed by atoms with Gasteiger partial charge in [-0.25, -0.2) is 0 Å². The fraction of sp³-hybridized carbons (Fsp3) is 0.667. The first-order chi connectivity index (χ1) is 6.16. The van der Waals surface area contributed by atoms with E-state index in [1.54, 1.807) is 0 Å². The number of fused-ring (bicyclic) bond motifs is 1. The predicted molar refractivity (Wildman–Crippen MR) is 43.9 cm³/mol. The number of carboxylic acid groups (broad SMARTS) is 1.